The minimum atomic E-state index is -3.42. The number of nitrogens with one attached hydrogen (secondary N) is 1. The highest BCUT2D eigenvalue weighted by atomic mass is 35.5. The van der Waals surface area contributed by atoms with Gasteiger partial charge in [0.15, 0.2) is 15.5 Å². The van der Waals surface area contributed by atoms with Gasteiger partial charge < -0.3 is 10.1 Å². The lowest BCUT2D eigenvalue weighted by atomic mass is 10.1. The Morgan fingerprint density at radius 3 is 2.61 bits per heavy atom. The highest BCUT2D eigenvalue weighted by Crippen LogP contribution is 2.42. The topological polar surface area (TPSA) is 86.1 Å². The van der Waals surface area contributed by atoms with E-state index in [2.05, 4.69) is 10.3 Å². The zero-order valence-electron chi connectivity index (χ0n) is 17.6. The van der Waals surface area contributed by atoms with E-state index in [0.717, 1.165) is 43.5 Å². The molecular formula is C22H25ClN4O3S. The molecule has 2 aliphatic rings. The first kappa shape index (κ1) is 20.7. The van der Waals surface area contributed by atoms with E-state index in [1.165, 1.54) is 6.26 Å². The third kappa shape index (κ3) is 4.04. The van der Waals surface area contributed by atoms with Crippen LogP contribution < -0.4 is 5.32 Å². The van der Waals surface area contributed by atoms with Crippen LogP contribution in [0.25, 0.3) is 11.2 Å². The minimum absolute atomic E-state index is 0.123. The number of aromatic nitrogens is 3. The summed E-state index contributed by atoms with van der Waals surface area (Å²) in [5.41, 5.74) is 3.48. The van der Waals surface area contributed by atoms with Crippen LogP contribution in [0, 0.1) is 6.92 Å². The molecule has 164 valence electrons. The smallest absolute Gasteiger partial charge is 0.177 e. The number of imidazole rings is 1. The summed E-state index contributed by atoms with van der Waals surface area (Å²) < 4.78 is 33.0. The molecule has 0 amide bonds. The van der Waals surface area contributed by atoms with Crippen LogP contribution in [0.1, 0.15) is 55.6 Å². The Labute approximate surface area is 186 Å². The standard InChI is InChI=1S/C22H25ClN4O3S/c1-13-24-21-17(12-19(23)26-22(21)27(13)20-5-3-4-10-30-20)25-16-9-8-15(14-6-7-14)11-18(16)31(2,28)29/h8-9,11-12,14,20H,3-7,10H2,1-2H3,(H,25,26). The molecule has 2 aromatic heterocycles. The summed E-state index contributed by atoms with van der Waals surface area (Å²) in [6, 6.07) is 7.30. The summed E-state index contributed by atoms with van der Waals surface area (Å²) >= 11 is 6.36. The Balaban J connectivity index is 1.60. The fourth-order valence-electron chi connectivity index (χ4n) is 4.27. The number of hydrogen-bond donors (Lipinski definition) is 1. The zero-order chi connectivity index (χ0) is 21.8. The summed E-state index contributed by atoms with van der Waals surface area (Å²) in [5, 5.41) is 3.58. The van der Waals surface area contributed by atoms with Crippen molar-refractivity contribution in [1.82, 2.24) is 14.5 Å². The van der Waals surface area contributed by atoms with Gasteiger partial charge in [0.1, 0.15) is 22.7 Å². The quantitative estimate of drug-likeness (QED) is 0.532. The summed E-state index contributed by atoms with van der Waals surface area (Å²) in [7, 11) is -3.42. The van der Waals surface area contributed by atoms with Crippen molar-refractivity contribution < 1.29 is 13.2 Å². The van der Waals surface area contributed by atoms with Crippen LogP contribution in [-0.4, -0.2) is 35.8 Å². The van der Waals surface area contributed by atoms with Crippen molar-refractivity contribution in [2.45, 2.75) is 56.1 Å². The molecule has 0 spiro atoms. The van der Waals surface area contributed by atoms with Crippen molar-refractivity contribution in [3.8, 4) is 0 Å². The molecule has 2 fully saturated rings. The molecule has 1 N–H and O–H groups in total. The number of anilines is 2. The lowest BCUT2D eigenvalue weighted by Gasteiger charge is -2.25. The maximum absolute atomic E-state index is 12.5. The number of sulfone groups is 1. The third-order valence-electron chi connectivity index (χ3n) is 5.96. The molecular weight excluding hydrogens is 436 g/mol. The maximum Gasteiger partial charge on any atom is 0.177 e. The number of hydrogen-bond acceptors (Lipinski definition) is 6. The van der Waals surface area contributed by atoms with Crippen LogP contribution in [0.2, 0.25) is 5.15 Å². The van der Waals surface area contributed by atoms with Gasteiger partial charge in [0, 0.05) is 18.9 Å². The molecule has 3 aromatic rings. The van der Waals surface area contributed by atoms with E-state index in [1.807, 2.05) is 23.6 Å². The second kappa shape index (κ2) is 7.76. The minimum Gasteiger partial charge on any atom is -0.358 e. The zero-order valence-corrected chi connectivity index (χ0v) is 19.1. The predicted octanol–water partition coefficient (Wildman–Crippen LogP) is 5.12. The molecule has 1 aliphatic heterocycles. The normalized spacial score (nSPS) is 19.6. The monoisotopic (exact) mass is 460 g/mol. The largest absolute Gasteiger partial charge is 0.358 e. The number of halogens is 1. The average Bonchev–Trinajstić information content (AvgIpc) is 3.51. The van der Waals surface area contributed by atoms with Crippen molar-refractivity contribution in [3.63, 3.8) is 0 Å². The van der Waals surface area contributed by atoms with Gasteiger partial charge in [-0.2, -0.15) is 0 Å². The lowest BCUT2D eigenvalue weighted by molar-refractivity contribution is -0.0309. The van der Waals surface area contributed by atoms with E-state index in [-0.39, 0.29) is 11.1 Å². The van der Waals surface area contributed by atoms with Gasteiger partial charge in [-0.15, -0.1) is 0 Å². The van der Waals surface area contributed by atoms with Crippen molar-refractivity contribution in [2.24, 2.45) is 0 Å². The summed E-state index contributed by atoms with van der Waals surface area (Å²) in [4.78, 5) is 9.52. The van der Waals surface area contributed by atoms with E-state index >= 15 is 0 Å². The van der Waals surface area contributed by atoms with Crippen LogP contribution in [0.5, 0.6) is 0 Å². The molecule has 1 aromatic carbocycles. The van der Waals surface area contributed by atoms with Crippen LogP contribution in [0.3, 0.4) is 0 Å². The number of ether oxygens (including phenoxy) is 1. The molecule has 3 heterocycles. The number of fused-ring (bicyclic) bond motifs is 1. The van der Waals surface area contributed by atoms with Crippen molar-refractivity contribution in [3.05, 3.63) is 40.8 Å². The highest BCUT2D eigenvalue weighted by molar-refractivity contribution is 7.90. The Kier molecular flexibility index (Phi) is 5.19. The average molecular weight is 461 g/mol. The van der Waals surface area contributed by atoms with Crippen LogP contribution in [0.4, 0.5) is 11.4 Å². The summed E-state index contributed by atoms with van der Waals surface area (Å²) in [6.45, 7) is 2.63. The molecule has 1 aliphatic carbocycles. The van der Waals surface area contributed by atoms with Gasteiger partial charge >= 0.3 is 0 Å². The number of benzene rings is 1. The Morgan fingerprint density at radius 2 is 1.94 bits per heavy atom. The van der Waals surface area contributed by atoms with E-state index < -0.39 is 9.84 Å². The number of pyridine rings is 1. The van der Waals surface area contributed by atoms with Crippen molar-refractivity contribution in [2.75, 3.05) is 18.2 Å². The molecule has 1 saturated carbocycles. The molecule has 1 saturated heterocycles. The molecule has 31 heavy (non-hydrogen) atoms. The van der Waals surface area contributed by atoms with Gasteiger partial charge in [-0.05, 0) is 62.6 Å². The van der Waals surface area contributed by atoms with Crippen LogP contribution in [0.15, 0.2) is 29.2 Å². The second-order valence-electron chi connectivity index (χ2n) is 8.44. The van der Waals surface area contributed by atoms with Gasteiger partial charge in [-0.1, -0.05) is 17.7 Å². The predicted molar refractivity (Wildman–Crippen MR) is 121 cm³/mol. The highest BCUT2D eigenvalue weighted by Gasteiger charge is 2.27. The van der Waals surface area contributed by atoms with Crippen molar-refractivity contribution in [1.29, 1.82) is 0 Å². The Hall–Kier alpha value is -2.16. The van der Waals surface area contributed by atoms with E-state index in [4.69, 9.17) is 21.3 Å². The Bertz CT molecular complexity index is 1260. The SMILES string of the molecule is Cc1nc2c(Nc3ccc(C4CC4)cc3S(C)(=O)=O)cc(Cl)nc2n1C1CCCCO1. The molecule has 5 rings (SSSR count). The fraction of sp³-hybridized carbons (Fsp3) is 0.455. The first-order valence-electron chi connectivity index (χ1n) is 10.6. The van der Waals surface area contributed by atoms with Crippen LogP contribution >= 0.6 is 11.6 Å². The maximum atomic E-state index is 12.5. The van der Waals surface area contributed by atoms with Gasteiger partial charge in [-0.3, -0.25) is 4.57 Å². The molecule has 0 bridgehead atoms. The second-order valence-corrected chi connectivity index (χ2v) is 10.8. The molecule has 1 unspecified atom stereocenters. The van der Waals surface area contributed by atoms with Gasteiger partial charge in [-0.25, -0.2) is 18.4 Å². The molecule has 0 radical (unpaired) electrons. The first-order chi connectivity index (χ1) is 14.8. The summed E-state index contributed by atoms with van der Waals surface area (Å²) in [6.07, 6.45) is 6.35. The molecule has 7 nitrogen and oxygen atoms in total. The number of rotatable bonds is 5. The van der Waals surface area contributed by atoms with Gasteiger partial charge in [0.05, 0.1) is 16.3 Å². The molecule has 1 atom stereocenters. The first-order valence-corrected chi connectivity index (χ1v) is 12.9. The Morgan fingerprint density at radius 1 is 1.13 bits per heavy atom. The molecule has 9 heteroatoms. The van der Waals surface area contributed by atoms with E-state index in [9.17, 15) is 8.42 Å². The fourth-order valence-corrected chi connectivity index (χ4v) is 5.33. The lowest BCUT2D eigenvalue weighted by Crippen LogP contribution is -2.19. The number of aryl methyl sites for hydroxylation is 1. The van der Waals surface area contributed by atoms with Gasteiger partial charge in [0.2, 0.25) is 0 Å². The van der Waals surface area contributed by atoms with Crippen molar-refractivity contribution >= 4 is 44.0 Å². The van der Waals surface area contributed by atoms with Gasteiger partial charge in [0.25, 0.3) is 0 Å². The third-order valence-corrected chi connectivity index (χ3v) is 7.29. The van der Waals surface area contributed by atoms with E-state index in [0.29, 0.717) is 40.2 Å². The van der Waals surface area contributed by atoms with Crippen LogP contribution in [-0.2, 0) is 14.6 Å². The summed E-state index contributed by atoms with van der Waals surface area (Å²) in [5.74, 6) is 1.25. The van der Waals surface area contributed by atoms with E-state index in [1.54, 1.807) is 12.1 Å². The number of nitrogens with zero attached hydrogens (tertiary/aromatic N) is 3.